The standard InChI is InChI=1S/C11H13BrN2O/c1-8-3-2-4-14(7-8)11(15)10-5-9(12)6-13-10/h3,5-6,13H,2,4,7H2,1H3. The first-order chi connectivity index (χ1) is 7.16. The van der Waals surface area contributed by atoms with Gasteiger partial charge in [-0.1, -0.05) is 11.6 Å². The smallest absolute Gasteiger partial charge is 0.270 e. The van der Waals surface area contributed by atoms with Gasteiger partial charge in [0.05, 0.1) is 0 Å². The van der Waals surface area contributed by atoms with Gasteiger partial charge in [-0.2, -0.15) is 0 Å². The van der Waals surface area contributed by atoms with E-state index >= 15 is 0 Å². The number of halogens is 1. The molecule has 1 aliphatic heterocycles. The SMILES string of the molecule is CC1=CCCN(C(=O)c2cc(Br)c[nH]2)C1. The fourth-order valence-electron chi connectivity index (χ4n) is 1.75. The minimum Gasteiger partial charge on any atom is -0.356 e. The highest BCUT2D eigenvalue weighted by molar-refractivity contribution is 9.10. The maximum atomic E-state index is 12.0. The Labute approximate surface area is 97.3 Å². The summed E-state index contributed by atoms with van der Waals surface area (Å²) in [6, 6.07) is 1.82. The minimum absolute atomic E-state index is 0.0770. The Bertz CT molecular complexity index is 408. The van der Waals surface area contributed by atoms with E-state index in [2.05, 4.69) is 33.9 Å². The Morgan fingerprint density at radius 2 is 2.40 bits per heavy atom. The third kappa shape index (κ3) is 2.31. The lowest BCUT2D eigenvalue weighted by Crippen LogP contribution is -2.35. The molecule has 1 aromatic heterocycles. The van der Waals surface area contributed by atoms with Crippen molar-refractivity contribution in [1.82, 2.24) is 9.88 Å². The molecule has 0 fully saturated rings. The van der Waals surface area contributed by atoms with E-state index in [0.717, 1.165) is 24.0 Å². The van der Waals surface area contributed by atoms with Crippen LogP contribution in [0, 0.1) is 0 Å². The van der Waals surface area contributed by atoms with Gasteiger partial charge in [-0.3, -0.25) is 4.79 Å². The molecule has 4 heteroatoms. The van der Waals surface area contributed by atoms with Crippen LogP contribution in [0.1, 0.15) is 23.8 Å². The Morgan fingerprint density at radius 3 is 3.00 bits per heavy atom. The number of aromatic nitrogens is 1. The first kappa shape index (κ1) is 10.5. The third-order valence-corrected chi connectivity index (χ3v) is 2.96. The van der Waals surface area contributed by atoms with Gasteiger partial charge in [0.25, 0.3) is 5.91 Å². The number of nitrogens with one attached hydrogen (secondary N) is 1. The van der Waals surface area contributed by atoms with Gasteiger partial charge in [-0.05, 0) is 35.3 Å². The monoisotopic (exact) mass is 268 g/mol. The van der Waals surface area contributed by atoms with Crippen LogP contribution >= 0.6 is 15.9 Å². The first-order valence-electron chi connectivity index (χ1n) is 4.95. The van der Waals surface area contributed by atoms with Crippen molar-refractivity contribution >= 4 is 21.8 Å². The molecule has 2 rings (SSSR count). The zero-order chi connectivity index (χ0) is 10.8. The van der Waals surface area contributed by atoms with Crippen LogP contribution in [-0.2, 0) is 0 Å². The lowest BCUT2D eigenvalue weighted by Gasteiger charge is -2.25. The second-order valence-corrected chi connectivity index (χ2v) is 4.71. The van der Waals surface area contributed by atoms with E-state index in [-0.39, 0.29) is 5.91 Å². The second kappa shape index (κ2) is 4.23. The molecule has 0 aliphatic carbocycles. The Morgan fingerprint density at radius 1 is 1.60 bits per heavy atom. The highest BCUT2D eigenvalue weighted by Crippen LogP contribution is 2.15. The van der Waals surface area contributed by atoms with Crippen molar-refractivity contribution in [2.45, 2.75) is 13.3 Å². The molecular formula is C11H13BrN2O. The molecule has 2 heterocycles. The van der Waals surface area contributed by atoms with Crippen molar-refractivity contribution in [1.29, 1.82) is 0 Å². The van der Waals surface area contributed by atoms with Gasteiger partial charge in [0.2, 0.25) is 0 Å². The molecule has 0 saturated carbocycles. The Kier molecular flexibility index (Phi) is 2.95. The molecule has 1 N–H and O–H groups in total. The van der Waals surface area contributed by atoms with E-state index in [0.29, 0.717) is 5.69 Å². The number of rotatable bonds is 1. The Balaban J connectivity index is 2.12. The van der Waals surface area contributed by atoms with Crippen molar-refractivity contribution in [2.75, 3.05) is 13.1 Å². The highest BCUT2D eigenvalue weighted by atomic mass is 79.9. The van der Waals surface area contributed by atoms with Crippen LogP contribution in [0.25, 0.3) is 0 Å². The summed E-state index contributed by atoms with van der Waals surface area (Å²) >= 11 is 3.32. The highest BCUT2D eigenvalue weighted by Gasteiger charge is 2.18. The van der Waals surface area contributed by atoms with Crippen molar-refractivity contribution in [3.8, 4) is 0 Å². The normalized spacial score (nSPS) is 16.4. The largest absolute Gasteiger partial charge is 0.356 e. The third-order valence-electron chi connectivity index (χ3n) is 2.50. The van der Waals surface area contributed by atoms with Gasteiger partial charge in [-0.25, -0.2) is 0 Å². The average Bonchev–Trinajstić information content (AvgIpc) is 2.64. The number of aromatic amines is 1. The summed E-state index contributed by atoms with van der Waals surface area (Å²) in [4.78, 5) is 16.8. The van der Waals surface area contributed by atoms with E-state index in [9.17, 15) is 4.79 Å². The van der Waals surface area contributed by atoms with Crippen LogP contribution in [0.15, 0.2) is 28.4 Å². The van der Waals surface area contributed by atoms with Crippen LogP contribution in [0.3, 0.4) is 0 Å². The fourth-order valence-corrected chi connectivity index (χ4v) is 2.09. The number of hydrogen-bond acceptors (Lipinski definition) is 1. The van der Waals surface area contributed by atoms with Gasteiger partial charge in [0, 0.05) is 23.8 Å². The molecule has 1 amide bonds. The summed E-state index contributed by atoms with van der Waals surface area (Å²) in [6.07, 6.45) is 4.92. The van der Waals surface area contributed by atoms with Crippen molar-refractivity contribution in [2.24, 2.45) is 0 Å². The van der Waals surface area contributed by atoms with Crippen molar-refractivity contribution in [3.05, 3.63) is 34.1 Å². The Hall–Kier alpha value is -1.03. The predicted molar refractivity (Wildman–Crippen MR) is 62.8 cm³/mol. The molecule has 1 aromatic rings. The van der Waals surface area contributed by atoms with E-state index in [1.807, 2.05) is 11.0 Å². The molecule has 3 nitrogen and oxygen atoms in total. The van der Waals surface area contributed by atoms with Crippen LogP contribution in [0.4, 0.5) is 0 Å². The van der Waals surface area contributed by atoms with E-state index in [4.69, 9.17) is 0 Å². The molecule has 1 aliphatic rings. The van der Waals surface area contributed by atoms with Gasteiger partial charge in [0.1, 0.15) is 5.69 Å². The van der Waals surface area contributed by atoms with Gasteiger partial charge in [0.15, 0.2) is 0 Å². The van der Waals surface area contributed by atoms with Gasteiger partial charge < -0.3 is 9.88 Å². The summed E-state index contributed by atoms with van der Waals surface area (Å²) in [6.45, 7) is 3.62. The summed E-state index contributed by atoms with van der Waals surface area (Å²) < 4.78 is 0.912. The second-order valence-electron chi connectivity index (χ2n) is 3.80. The van der Waals surface area contributed by atoms with Crippen molar-refractivity contribution < 1.29 is 4.79 Å². The molecule has 0 unspecified atom stereocenters. The molecule has 0 radical (unpaired) electrons. The summed E-state index contributed by atoms with van der Waals surface area (Å²) in [5.41, 5.74) is 1.91. The van der Waals surface area contributed by atoms with Gasteiger partial charge in [-0.15, -0.1) is 0 Å². The fraction of sp³-hybridized carbons (Fsp3) is 0.364. The van der Waals surface area contributed by atoms with Crippen LogP contribution < -0.4 is 0 Å². The number of carbonyl (C=O) groups excluding carboxylic acids is 1. The number of hydrogen-bond donors (Lipinski definition) is 1. The van der Waals surface area contributed by atoms with Gasteiger partial charge >= 0.3 is 0 Å². The molecule has 80 valence electrons. The quantitative estimate of drug-likeness (QED) is 0.781. The summed E-state index contributed by atoms with van der Waals surface area (Å²) in [5.74, 6) is 0.0770. The average molecular weight is 269 g/mol. The summed E-state index contributed by atoms with van der Waals surface area (Å²) in [7, 11) is 0. The molecule has 0 bridgehead atoms. The maximum Gasteiger partial charge on any atom is 0.270 e. The predicted octanol–water partition coefficient (Wildman–Crippen LogP) is 2.57. The van der Waals surface area contributed by atoms with Crippen LogP contribution in [-0.4, -0.2) is 28.9 Å². The number of nitrogens with zero attached hydrogens (tertiary/aromatic N) is 1. The molecule has 15 heavy (non-hydrogen) atoms. The number of amides is 1. The zero-order valence-electron chi connectivity index (χ0n) is 8.59. The number of H-pyrrole nitrogens is 1. The molecule has 0 saturated heterocycles. The molecular weight excluding hydrogens is 256 g/mol. The van der Waals surface area contributed by atoms with E-state index in [1.54, 1.807) is 6.20 Å². The number of carbonyl (C=O) groups is 1. The maximum absolute atomic E-state index is 12.0. The van der Waals surface area contributed by atoms with Crippen LogP contribution in [0.2, 0.25) is 0 Å². The van der Waals surface area contributed by atoms with Crippen LogP contribution in [0.5, 0.6) is 0 Å². The zero-order valence-corrected chi connectivity index (χ0v) is 10.2. The molecule has 0 spiro atoms. The van der Waals surface area contributed by atoms with E-state index < -0.39 is 0 Å². The molecule has 0 atom stereocenters. The minimum atomic E-state index is 0.0770. The topological polar surface area (TPSA) is 36.1 Å². The molecule has 0 aromatic carbocycles. The summed E-state index contributed by atoms with van der Waals surface area (Å²) in [5, 5.41) is 0. The van der Waals surface area contributed by atoms with E-state index in [1.165, 1.54) is 5.57 Å². The first-order valence-corrected chi connectivity index (χ1v) is 5.75. The van der Waals surface area contributed by atoms with Crippen molar-refractivity contribution in [3.63, 3.8) is 0 Å². The lowest BCUT2D eigenvalue weighted by molar-refractivity contribution is 0.0761. The lowest BCUT2D eigenvalue weighted by atomic mass is 10.1.